The zero-order valence-electron chi connectivity index (χ0n) is 13.0. The summed E-state index contributed by atoms with van der Waals surface area (Å²) in [7, 11) is 0. The van der Waals surface area contributed by atoms with Crippen molar-refractivity contribution < 1.29 is 9.90 Å². The maximum absolute atomic E-state index is 12.2. The molecule has 2 aromatic carbocycles. The van der Waals surface area contributed by atoms with Crippen molar-refractivity contribution >= 4 is 11.7 Å². The summed E-state index contributed by atoms with van der Waals surface area (Å²) in [6, 6.07) is 16.8. The third-order valence-electron chi connectivity index (χ3n) is 4.03. The molecule has 0 unspecified atom stereocenters. The number of hydrogen-bond donors (Lipinski definition) is 2. The first kappa shape index (κ1) is 15.4. The first-order valence-corrected chi connectivity index (χ1v) is 7.82. The van der Waals surface area contributed by atoms with E-state index in [0.717, 1.165) is 38.4 Å². The molecule has 0 atom stereocenters. The van der Waals surface area contributed by atoms with Gasteiger partial charge in [0.25, 0.3) is 0 Å². The second kappa shape index (κ2) is 7.15. The van der Waals surface area contributed by atoms with Crippen molar-refractivity contribution in [1.29, 1.82) is 0 Å². The molecule has 1 heterocycles. The fourth-order valence-corrected chi connectivity index (χ4v) is 2.69. The van der Waals surface area contributed by atoms with E-state index >= 15 is 0 Å². The summed E-state index contributed by atoms with van der Waals surface area (Å²) in [5.74, 6) is 0.288. The van der Waals surface area contributed by atoms with E-state index in [4.69, 9.17) is 0 Å². The summed E-state index contributed by atoms with van der Waals surface area (Å²) >= 11 is 0. The number of hydrogen-bond acceptors (Lipinski definition) is 3. The largest absolute Gasteiger partial charge is 0.508 e. The zero-order valence-corrected chi connectivity index (χ0v) is 13.0. The van der Waals surface area contributed by atoms with Crippen molar-refractivity contribution in [2.24, 2.45) is 0 Å². The van der Waals surface area contributed by atoms with Crippen LogP contribution in [0.25, 0.3) is 0 Å². The lowest BCUT2D eigenvalue weighted by molar-refractivity contribution is 0.143. The fraction of sp³-hybridized carbons (Fsp3) is 0.278. The summed E-state index contributed by atoms with van der Waals surface area (Å²) in [5.41, 5.74) is 1.99. The highest BCUT2D eigenvalue weighted by molar-refractivity contribution is 5.89. The molecule has 1 aliphatic rings. The summed E-state index contributed by atoms with van der Waals surface area (Å²) in [4.78, 5) is 16.4. The lowest BCUT2D eigenvalue weighted by Gasteiger charge is -2.34. The number of carbonyl (C=O) groups excluding carboxylic acids is 1. The predicted molar refractivity (Wildman–Crippen MR) is 90.4 cm³/mol. The van der Waals surface area contributed by atoms with Crippen LogP contribution in [0, 0.1) is 0 Å². The Balaban J connectivity index is 1.48. The Hall–Kier alpha value is -2.53. The van der Waals surface area contributed by atoms with E-state index in [1.54, 1.807) is 12.1 Å². The van der Waals surface area contributed by atoms with E-state index < -0.39 is 0 Å². The lowest BCUT2D eigenvalue weighted by Crippen LogP contribution is -2.49. The van der Waals surface area contributed by atoms with Crippen molar-refractivity contribution in [3.63, 3.8) is 0 Å². The van der Waals surface area contributed by atoms with Crippen LogP contribution < -0.4 is 5.32 Å². The number of nitrogens with zero attached hydrogens (tertiary/aromatic N) is 2. The Morgan fingerprint density at radius 3 is 2.26 bits per heavy atom. The maximum Gasteiger partial charge on any atom is 0.321 e. The number of rotatable bonds is 3. The maximum atomic E-state index is 12.2. The summed E-state index contributed by atoms with van der Waals surface area (Å²) < 4.78 is 0. The minimum absolute atomic E-state index is 0.0412. The van der Waals surface area contributed by atoms with E-state index in [9.17, 15) is 9.90 Å². The number of phenols is 1. The fourth-order valence-electron chi connectivity index (χ4n) is 2.69. The summed E-state index contributed by atoms with van der Waals surface area (Å²) in [6.45, 7) is 3.98. The zero-order chi connectivity index (χ0) is 16.1. The average molecular weight is 311 g/mol. The highest BCUT2D eigenvalue weighted by Gasteiger charge is 2.21. The third kappa shape index (κ3) is 4.23. The molecule has 0 aliphatic carbocycles. The van der Waals surface area contributed by atoms with E-state index in [1.807, 2.05) is 47.4 Å². The molecule has 3 rings (SSSR count). The lowest BCUT2D eigenvalue weighted by atomic mass is 10.2. The highest BCUT2D eigenvalue weighted by atomic mass is 16.3. The number of para-hydroxylation sites is 1. The molecule has 0 radical (unpaired) electrons. The Bertz CT molecular complexity index is 635. The van der Waals surface area contributed by atoms with Crippen molar-refractivity contribution in [3.05, 3.63) is 60.2 Å². The van der Waals surface area contributed by atoms with Gasteiger partial charge in [0, 0.05) is 38.4 Å². The van der Waals surface area contributed by atoms with E-state index in [0.29, 0.717) is 0 Å². The molecular formula is C18H21N3O2. The van der Waals surface area contributed by atoms with Crippen LogP contribution >= 0.6 is 0 Å². The smallest absolute Gasteiger partial charge is 0.321 e. The van der Waals surface area contributed by atoms with Crippen molar-refractivity contribution in [1.82, 2.24) is 9.80 Å². The van der Waals surface area contributed by atoms with Crippen molar-refractivity contribution in [2.45, 2.75) is 6.54 Å². The standard InChI is InChI=1S/C18H21N3O2/c22-17-8-6-15(7-9-17)14-20-10-12-21(13-11-20)18(23)19-16-4-2-1-3-5-16/h1-9,22H,10-14H2,(H,19,23). The average Bonchev–Trinajstić information content (AvgIpc) is 2.58. The second-order valence-corrected chi connectivity index (χ2v) is 5.73. The minimum atomic E-state index is -0.0412. The first-order valence-electron chi connectivity index (χ1n) is 7.82. The van der Waals surface area contributed by atoms with Crippen LogP contribution in [0.5, 0.6) is 5.75 Å². The number of urea groups is 1. The molecule has 0 bridgehead atoms. The van der Waals surface area contributed by atoms with Crippen LogP contribution in [0.15, 0.2) is 54.6 Å². The van der Waals surface area contributed by atoms with Gasteiger partial charge in [-0.2, -0.15) is 0 Å². The number of piperazine rings is 1. The Labute approximate surface area is 136 Å². The van der Waals surface area contributed by atoms with Crippen LogP contribution in [0.1, 0.15) is 5.56 Å². The van der Waals surface area contributed by atoms with E-state index in [1.165, 1.54) is 5.56 Å². The van der Waals surface area contributed by atoms with Gasteiger partial charge in [0.1, 0.15) is 5.75 Å². The van der Waals surface area contributed by atoms with Gasteiger partial charge >= 0.3 is 6.03 Å². The van der Waals surface area contributed by atoms with Gasteiger partial charge in [0.2, 0.25) is 0 Å². The van der Waals surface area contributed by atoms with Gasteiger partial charge < -0.3 is 15.3 Å². The molecule has 120 valence electrons. The third-order valence-corrected chi connectivity index (χ3v) is 4.03. The minimum Gasteiger partial charge on any atom is -0.508 e. The number of phenolic OH excluding ortho intramolecular Hbond substituents is 1. The number of carbonyl (C=O) groups is 1. The topological polar surface area (TPSA) is 55.8 Å². The van der Waals surface area contributed by atoms with Crippen molar-refractivity contribution in [2.75, 3.05) is 31.5 Å². The molecular weight excluding hydrogens is 290 g/mol. The number of anilines is 1. The number of aromatic hydroxyl groups is 1. The van der Waals surface area contributed by atoms with Gasteiger partial charge in [-0.1, -0.05) is 30.3 Å². The van der Waals surface area contributed by atoms with Crippen LogP contribution in [-0.2, 0) is 6.54 Å². The molecule has 23 heavy (non-hydrogen) atoms. The number of benzene rings is 2. The molecule has 1 aliphatic heterocycles. The molecule has 0 saturated carbocycles. The second-order valence-electron chi connectivity index (χ2n) is 5.73. The van der Waals surface area contributed by atoms with Crippen LogP contribution in [-0.4, -0.2) is 47.1 Å². The van der Waals surface area contributed by atoms with Gasteiger partial charge in [-0.3, -0.25) is 4.90 Å². The Morgan fingerprint density at radius 1 is 0.957 bits per heavy atom. The van der Waals surface area contributed by atoms with Crippen LogP contribution in [0.3, 0.4) is 0 Å². The highest BCUT2D eigenvalue weighted by Crippen LogP contribution is 2.14. The molecule has 1 fully saturated rings. The molecule has 0 aromatic heterocycles. The molecule has 2 amide bonds. The normalized spacial score (nSPS) is 15.4. The summed E-state index contributed by atoms with van der Waals surface area (Å²) in [6.07, 6.45) is 0. The van der Waals surface area contributed by atoms with E-state index in [-0.39, 0.29) is 11.8 Å². The van der Waals surface area contributed by atoms with Gasteiger partial charge in [0.15, 0.2) is 0 Å². The van der Waals surface area contributed by atoms with Crippen molar-refractivity contribution in [3.8, 4) is 5.75 Å². The van der Waals surface area contributed by atoms with E-state index in [2.05, 4.69) is 10.2 Å². The Morgan fingerprint density at radius 2 is 1.61 bits per heavy atom. The SMILES string of the molecule is O=C(Nc1ccccc1)N1CCN(Cc2ccc(O)cc2)CC1. The molecule has 1 saturated heterocycles. The predicted octanol–water partition coefficient (Wildman–Crippen LogP) is 2.74. The molecule has 5 heteroatoms. The number of nitrogens with one attached hydrogen (secondary N) is 1. The Kier molecular flexibility index (Phi) is 4.78. The van der Waals surface area contributed by atoms with Gasteiger partial charge in [0.05, 0.1) is 0 Å². The van der Waals surface area contributed by atoms with Crippen LogP contribution in [0.2, 0.25) is 0 Å². The first-order chi connectivity index (χ1) is 11.2. The molecule has 2 N–H and O–H groups in total. The molecule has 2 aromatic rings. The van der Waals surface area contributed by atoms with Gasteiger partial charge in [-0.05, 0) is 29.8 Å². The van der Waals surface area contributed by atoms with Gasteiger partial charge in [-0.15, -0.1) is 0 Å². The molecule has 0 spiro atoms. The number of amides is 2. The molecule has 5 nitrogen and oxygen atoms in total. The summed E-state index contributed by atoms with van der Waals surface area (Å²) in [5, 5.41) is 12.2. The van der Waals surface area contributed by atoms with Gasteiger partial charge in [-0.25, -0.2) is 4.79 Å². The monoisotopic (exact) mass is 311 g/mol. The quantitative estimate of drug-likeness (QED) is 0.916. The van der Waals surface area contributed by atoms with Crippen LogP contribution in [0.4, 0.5) is 10.5 Å².